The van der Waals surface area contributed by atoms with Crippen LogP contribution in [0.4, 0.5) is 0 Å². The number of ether oxygens (including phenoxy) is 7. The van der Waals surface area contributed by atoms with Gasteiger partial charge in [-0.1, -0.05) is 13.3 Å². The van der Waals surface area contributed by atoms with Crippen LogP contribution in [0.1, 0.15) is 54.4 Å². The number of hydrogen-bond acceptors (Lipinski definition) is 20. The Bertz CT molecular complexity index is 994. The zero-order valence-electron chi connectivity index (χ0n) is 31.0. The Kier molecular flexibility index (Phi) is 20.8. The monoisotopic (exact) mass is 780 g/mol. The van der Waals surface area contributed by atoms with E-state index < -0.39 is 143 Å². The van der Waals surface area contributed by atoms with Gasteiger partial charge in [-0.15, -0.1) is 0 Å². The van der Waals surface area contributed by atoms with Crippen LogP contribution in [0.2, 0.25) is 0 Å². The first-order valence-corrected chi connectivity index (χ1v) is 18.0. The van der Waals surface area contributed by atoms with Crippen molar-refractivity contribution in [1.82, 2.24) is 0 Å². The third-order valence-corrected chi connectivity index (χ3v) is 9.07. The average molecular weight is 781 g/mol. The van der Waals surface area contributed by atoms with E-state index in [-0.39, 0.29) is 18.6 Å². The molecule has 0 aliphatic carbocycles. The maximum atomic E-state index is 10.5. The van der Waals surface area contributed by atoms with Crippen molar-refractivity contribution < 1.29 is 99.5 Å². The summed E-state index contributed by atoms with van der Waals surface area (Å²) in [7, 11) is 0. The predicted octanol–water partition coefficient (Wildman–Crippen LogP) is -5.42. The summed E-state index contributed by atoms with van der Waals surface area (Å²) in [5.41, 5.74) is 0. The first-order valence-electron chi connectivity index (χ1n) is 18.0. The Morgan fingerprint density at radius 2 is 1.02 bits per heavy atom. The molecular formula is C33H64O20. The minimum Gasteiger partial charge on any atom is -0.394 e. The summed E-state index contributed by atoms with van der Waals surface area (Å²) < 4.78 is 38.3. The molecule has 20 heteroatoms. The van der Waals surface area contributed by atoms with Gasteiger partial charge in [0.1, 0.15) is 91.6 Å². The molecule has 0 aromatic carbocycles. The molecule has 316 valence electrons. The smallest absolute Gasteiger partial charge is 0.187 e. The molecule has 9 unspecified atom stereocenters. The molecule has 53 heavy (non-hydrogen) atoms. The largest absolute Gasteiger partial charge is 0.394 e. The lowest BCUT2D eigenvalue weighted by molar-refractivity contribution is -0.346. The summed E-state index contributed by atoms with van der Waals surface area (Å²) in [6.07, 6.45) is -24.1. The summed E-state index contributed by atoms with van der Waals surface area (Å²) in [5.74, 6) is 0. The van der Waals surface area contributed by atoms with Crippen molar-refractivity contribution in [3.8, 4) is 0 Å². The molecule has 3 aliphatic rings. The number of aliphatic hydroxyl groups excluding tert-OH is 13. The van der Waals surface area contributed by atoms with Crippen molar-refractivity contribution in [2.75, 3.05) is 26.4 Å². The zero-order valence-corrected chi connectivity index (χ0v) is 31.0. The molecule has 0 saturated carbocycles. The fraction of sp³-hybridized carbons (Fsp3) is 1.00. The van der Waals surface area contributed by atoms with E-state index >= 15 is 0 Å². The van der Waals surface area contributed by atoms with E-state index in [1.54, 1.807) is 41.5 Å². The van der Waals surface area contributed by atoms with Crippen molar-refractivity contribution >= 4 is 0 Å². The Hall–Kier alpha value is -0.800. The normalized spacial score (nSPS) is 40.4. The van der Waals surface area contributed by atoms with Gasteiger partial charge in [-0.25, -0.2) is 0 Å². The van der Waals surface area contributed by atoms with Gasteiger partial charge in [-0.3, -0.25) is 0 Å². The summed E-state index contributed by atoms with van der Waals surface area (Å²) >= 11 is 0. The van der Waals surface area contributed by atoms with Gasteiger partial charge < -0.3 is 99.5 Å². The molecule has 0 aromatic rings. The Balaban J connectivity index is 0.000000367. The number of rotatable bonds is 17. The van der Waals surface area contributed by atoms with Gasteiger partial charge in [0.15, 0.2) is 12.6 Å². The van der Waals surface area contributed by atoms with Gasteiger partial charge in [0.05, 0.1) is 50.8 Å². The maximum Gasteiger partial charge on any atom is 0.187 e. The third-order valence-electron chi connectivity index (χ3n) is 9.07. The van der Waals surface area contributed by atoms with E-state index in [0.29, 0.717) is 6.42 Å². The topological polar surface area (TPSA) is 328 Å². The highest BCUT2D eigenvalue weighted by atomic mass is 16.7. The molecular weight excluding hydrogens is 716 g/mol. The summed E-state index contributed by atoms with van der Waals surface area (Å²) in [5, 5.41) is 130. The highest BCUT2D eigenvalue weighted by Crippen LogP contribution is 2.31. The van der Waals surface area contributed by atoms with E-state index in [4.69, 9.17) is 33.2 Å². The minimum absolute atomic E-state index is 0.227. The van der Waals surface area contributed by atoms with Crippen LogP contribution in [0, 0.1) is 0 Å². The summed E-state index contributed by atoms with van der Waals surface area (Å²) in [4.78, 5) is 0. The van der Waals surface area contributed by atoms with Crippen LogP contribution < -0.4 is 0 Å². The highest BCUT2D eigenvalue weighted by Gasteiger charge is 2.51. The van der Waals surface area contributed by atoms with E-state index in [9.17, 15) is 66.4 Å². The van der Waals surface area contributed by atoms with Gasteiger partial charge in [0.25, 0.3) is 0 Å². The quantitative estimate of drug-likeness (QED) is 0.0655. The summed E-state index contributed by atoms with van der Waals surface area (Å²) in [6, 6.07) is 0. The molecule has 3 fully saturated rings. The van der Waals surface area contributed by atoms with Crippen LogP contribution in [0.15, 0.2) is 0 Å². The van der Waals surface area contributed by atoms with Crippen molar-refractivity contribution in [2.45, 2.75) is 183 Å². The first kappa shape index (κ1) is 48.3. The van der Waals surface area contributed by atoms with E-state index in [1.807, 2.05) is 0 Å². The average Bonchev–Trinajstić information content (AvgIpc) is 3.12. The van der Waals surface area contributed by atoms with Gasteiger partial charge in [0, 0.05) is 0 Å². The van der Waals surface area contributed by atoms with Gasteiger partial charge in [-0.05, 0) is 41.0 Å². The van der Waals surface area contributed by atoms with Crippen molar-refractivity contribution in [3.63, 3.8) is 0 Å². The van der Waals surface area contributed by atoms with Crippen LogP contribution in [0.25, 0.3) is 0 Å². The fourth-order valence-corrected chi connectivity index (χ4v) is 6.22. The Labute approximate surface area is 309 Å². The van der Waals surface area contributed by atoms with E-state index in [2.05, 4.69) is 0 Å². The molecule has 0 spiro atoms. The van der Waals surface area contributed by atoms with Crippen LogP contribution in [-0.4, -0.2) is 221 Å². The maximum absolute atomic E-state index is 10.5. The molecule has 3 saturated heterocycles. The van der Waals surface area contributed by atoms with Crippen LogP contribution >= 0.6 is 0 Å². The molecule has 0 amide bonds. The SMILES string of the molecule is CC(C)O[C@@H]1C(O)[C@H](O[C@@H]2C(CO)OC(C)C(O)[C@H]2O)OC(CO)[C@@H]1O.CCCC(O)[C@@H](O)[C@H](O[C@@H]1OC(CO)[C@H](O)[C@H](OC(C)C)C1O)C(O)CO. The van der Waals surface area contributed by atoms with Crippen molar-refractivity contribution in [3.05, 3.63) is 0 Å². The first-order chi connectivity index (χ1) is 24.9. The predicted molar refractivity (Wildman–Crippen MR) is 179 cm³/mol. The van der Waals surface area contributed by atoms with E-state index in [0.717, 1.165) is 0 Å². The van der Waals surface area contributed by atoms with Crippen LogP contribution in [-0.2, 0) is 33.2 Å². The molecule has 0 aromatic heterocycles. The Morgan fingerprint density at radius 1 is 0.547 bits per heavy atom. The number of aliphatic hydroxyl groups is 13. The third kappa shape index (κ3) is 12.9. The second-order valence-electron chi connectivity index (χ2n) is 14.1. The second-order valence-corrected chi connectivity index (χ2v) is 14.1. The zero-order chi connectivity index (χ0) is 40.3. The second kappa shape index (κ2) is 22.8. The standard InChI is InChI=1S/C17H34O10.C16H30O10/c1-4-5-9(20)12(22)15(10(21)6-18)27-17-14(24)16(25-8(2)3)13(23)11(7-19)26-17;1-6(2)23-15-11(20)8(4-17)25-16(13(15)22)26-14-9(5-18)24-7(3)10(19)12(14)21/h8-24H,4-7H2,1-3H3;6-22H,4-5H2,1-3H3/t9?,10?,11?,12-,13+,14?,15-,16+,17+;7?,8?,9?,10?,11-,12+,13?,14+,15-,16-/m10/s1. The molecule has 0 bridgehead atoms. The molecule has 20 nitrogen and oxygen atoms in total. The summed E-state index contributed by atoms with van der Waals surface area (Å²) in [6.45, 7) is 7.80. The molecule has 19 atom stereocenters. The minimum atomic E-state index is -1.56. The highest BCUT2D eigenvalue weighted by molar-refractivity contribution is 4.96. The fourth-order valence-electron chi connectivity index (χ4n) is 6.22. The van der Waals surface area contributed by atoms with Crippen LogP contribution in [0.3, 0.4) is 0 Å². The lowest BCUT2D eigenvalue weighted by Crippen LogP contribution is -2.64. The number of hydrogen-bond donors (Lipinski definition) is 13. The van der Waals surface area contributed by atoms with Gasteiger partial charge in [0.2, 0.25) is 0 Å². The molecule has 13 N–H and O–H groups in total. The van der Waals surface area contributed by atoms with Gasteiger partial charge >= 0.3 is 0 Å². The van der Waals surface area contributed by atoms with Gasteiger partial charge in [-0.2, -0.15) is 0 Å². The lowest BCUT2D eigenvalue weighted by atomic mass is 9.95. The van der Waals surface area contributed by atoms with Crippen molar-refractivity contribution in [2.24, 2.45) is 0 Å². The Morgan fingerprint density at radius 3 is 1.45 bits per heavy atom. The molecule has 0 radical (unpaired) electrons. The molecule has 3 aliphatic heterocycles. The molecule has 3 heterocycles. The van der Waals surface area contributed by atoms with Crippen molar-refractivity contribution in [1.29, 1.82) is 0 Å². The van der Waals surface area contributed by atoms with Crippen LogP contribution in [0.5, 0.6) is 0 Å². The molecule has 3 rings (SSSR count). The van der Waals surface area contributed by atoms with E-state index in [1.165, 1.54) is 0 Å². The lowest BCUT2D eigenvalue weighted by Gasteiger charge is -2.46.